The molecular weight excluding hydrogens is 204 g/mol. The third-order valence-electron chi connectivity index (χ3n) is 3.43. The third-order valence-corrected chi connectivity index (χ3v) is 7.93. The predicted octanol–water partition coefficient (Wildman–Crippen LogP) is 3.35. The van der Waals surface area contributed by atoms with Crippen LogP contribution >= 0.6 is 0 Å². The van der Waals surface area contributed by atoms with Gasteiger partial charge in [0.05, 0.1) is 12.7 Å². The van der Waals surface area contributed by atoms with Gasteiger partial charge in [-0.2, -0.15) is 0 Å². The average molecular weight is 228 g/mol. The van der Waals surface area contributed by atoms with Crippen LogP contribution in [0.1, 0.15) is 27.7 Å². The minimum atomic E-state index is -1.57. The van der Waals surface area contributed by atoms with Gasteiger partial charge in [0.1, 0.15) is 6.10 Å². The van der Waals surface area contributed by atoms with E-state index >= 15 is 0 Å². The van der Waals surface area contributed by atoms with Gasteiger partial charge in [-0.05, 0) is 25.1 Å². The molecule has 0 saturated carbocycles. The maximum Gasteiger partial charge on any atom is 0.192 e. The van der Waals surface area contributed by atoms with Crippen LogP contribution in [0, 0.1) is 0 Å². The summed E-state index contributed by atoms with van der Waals surface area (Å²) >= 11 is 0. The van der Waals surface area contributed by atoms with Gasteiger partial charge in [0.15, 0.2) is 8.32 Å². The molecule has 2 nitrogen and oxygen atoms in total. The van der Waals surface area contributed by atoms with Crippen LogP contribution in [-0.4, -0.2) is 27.1 Å². The number of epoxide rings is 1. The molecule has 0 N–H and O–H groups in total. The Morgan fingerprint density at radius 2 is 1.87 bits per heavy atom. The van der Waals surface area contributed by atoms with E-state index in [4.69, 9.17) is 9.16 Å². The second-order valence-corrected chi connectivity index (χ2v) is 10.6. The Balaban J connectivity index is 2.27. The first kappa shape index (κ1) is 12.9. The Labute approximate surface area is 94.8 Å². The predicted molar refractivity (Wildman–Crippen MR) is 66.6 cm³/mol. The van der Waals surface area contributed by atoms with Crippen LogP contribution in [0.2, 0.25) is 18.1 Å². The second-order valence-electron chi connectivity index (χ2n) is 5.81. The highest BCUT2D eigenvalue weighted by Crippen LogP contribution is 2.36. The number of hydrogen-bond acceptors (Lipinski definition) is 2. The van der Waals surface area contributed by atoms with Gasteiger partial charge >= 0.3 is 0 Å². The normalized spacial score (nSPS) is 27.3. The molecule has 3 heteroatoms. The summed E-state index contributed by atoms with van der Waals surface area (Å²) in [6.07, 6.45) is 4.95. The standard InChI is InChI=1S/C12H24O2Si/c1-10-11(14-10)8-7-9-13-15(5,6)12(2,3)4/h7-8,10-11H,9H2,1-6H3/b8-7+/t10-,11+/m0/s1. The van der Waals surface area contributed by atoms with Crippen LogP contribution in [0.25, 0.3) is 0 Å². The fraction of sp³-hybridized carbons (Fsp3) is 0.833. The van der Waals surface area contributed by atoms with Crippen molar-refractivity contribution in [1.29, 1.82) is 0 Å². The number of rotatable bonds is 4. The van der Waals surface area contributed by atoms with E-state index in [1.54, 1.807) is 0 Å². The van der Waals surface area contributed by atoms with Crippen molar-refractivity contribution in [3.8, 4) is 0 Å². The van der Waals surface area contributed by atoms with Crippen LogP contribution in [0.5, 0.6) is 0 Å². The lowest BCUT2D eigenvalue weighted by Gasteiger charge is -2.35. The molecule has 1 saturated heterocycles. The number of hydrogen-bond donors (Lipinski definition) is 0. The molecule has 88 valence electrons. The Morgan fingerprint density at radius 1 is 1.33 bits per heavy atom. The lowest BCUT2D eigenvalue weighted by atomic mass is 10.2. The molecule has 0 aliphatic carbocycles. The fourth-order valence-corrected chi connectivity index (χ4v) is 2.01. The van der Waals surface area contributed by atoms with E-state index in [0.717, 1.165) is 6.61 Å². The highest BCUT2D eigenvalue weighted by molar-refractivity contribution is 6.74. The fourth-order valence-electron chi connectivity index (χ4n) is 1.07. The van der Waals surface area contributed by atoms with Gasteiger partial charge in [-0.1, -0.05) is 32.9 Å². The molecule has 15 heavy (non-hydrogen) atoms. The van der Waals surface area contributed by atoms with Crippen molar-refractivity contribution in [2.24, 2.45) is 0 Å². The Bertz CT molecular complexity index is 240. The van der Waals surface area contributed by atoms with Gasteiger partial charge in [-0.15, -0.1) is 0 Å². The summed E-state index contributed by atoms with van der Waals surface area (Å²) in [6, 6.07) is 0. The van der Waals surface area contributed by atoms with E-state index in [1.807, 2.05) is 0 Å². The van der Waals surface area contributed by atoms with E-state index in [0.29, 0.717) is 17.2 Å². The van der Waals surface area contributed by atoms with Crippen molar-refractivity contribution in [2.75, 3.05) is 6.61 Å². The van der Waals surface area contributed by atoms with E-state index in [1.165, 1.54) is 0 Å². The van der Waals surface area contributed by atoms with Crippen molar-refractivity contribution in [3.05, 3.63) is 12.2 Å². The maximum absolute atomic E-state index is 6.00. The van der Waals surface area contributed by atoms with Crippen molar-refractivity contribution in [2.45, 2.75) is 58.0 Å². The summed E-state index contributed by atoms with van der Waals surface area (Å²) in [5.41, 5.74) is 0. The molecule has 0 aromatic rings. The first-order valence-corrected chi connectivity index (χ1v) is 8.61. The Morgan fingerprint density at radius 3 is 2.27 bits per heavy atom. The van der Waals surface area contributed by atoms with E-state index in [-0.39, 0.29) is 0 Å². The molecule has 1 fully saturated rings. The number of ether oxygens (including phenoxy) is 1. The maximum atomic E-state index is 6.00. The summed E-state index contributed by atoms with van der Waals surface area (Å²) in [4.78, 5) is 0. The third kappa shape index (κ3) is 3.74. The second kappa shape index (κ2) is 4.40. The highest BCUT2D eigenvalue weighted by Gasteiger charge is 2.36. The molecular formula is C12H24O2Si. The molecule has 0 bridgehead atoms. The first-order chi connectivity index (χ1) is 6.74. The highest BCUT2D eigenvalue weighted by atomic mass is 28.4. The lowest BCUT2D eigenvalue weighted by Crippen LogP contribution is -2.40. The van der Waals surface area contributed by atoms with Crippen molar-refractivity contribution >= 4 is 8.32 Å². The Kier molecular flexibility index (Phi) is 3.79. The van der Waals surface area contributed by atoms with E-state index < -0.39 is 8.32 Å². The molecule has 0 aromatic carbocycles. The smallest absolute Gasteiger partial charge is 0.192 e. The SMILES string of the molecule is C[C@@H]1O[C@@H]1/C=C/CO[Si](C)(C)C(C)(C)C. The zero-order valence-electron chi connectivity index (χ0n) is 10.8. The van der Waals surface area contributed by atoms with Gasteiger partial charge in [-0.3, -0.25) is 0 Å². The molecule has 0 spiro atoms. The van der Waals surface area contributed by atoms with Crippen molar-refractivity contribution in [1.82, 2.24) is 0 Å². The van der Waals surface area contributed by atoms with Crippen LogP contribution in [0.3, 0.4) is 0 Å². The largest absolute Gasteiger partial charge is 0.413 e. The van der Waals surface area contributed by atoms with Crippen LogP contribution < -0.4 is 0 Å². The minimum Gasteiger partial charge on any atom is -0.413 e. The topological polar surface area (TPSA) is 21.8 Å². The van der Waals surface area contributed by atoms with Crippen LogP contribution in [-0.2, 0) is 9.16 Å². The van der Waals surface area contributed by atoms with Crippen molar-refractivity contribution in [3.63, 3.8) is 0 Å². The molecule has 0 amide bonds. The molecule has 2 atom stereocenters. The zero-order chi connectivity index (χ0) is 11.7. The molecule has 1 rings (SSSR count). The van der Waals surface area contributed by atoms with E-state index in [2.05, 4.69) is 52.9 Å². The summed E-state index contributed by atoms with van der Waals surface area (Å²) in [6.45, 7) is 14.1. The van der Waals surface area contributed by atoms with Crippen LogP contribution in [0.15, 0.2) is 12.2 Å². The molecule has 0 radical (unpaired) electrons. The molecule has 0 unspecified atom stereocenters. The monoisotopic (exact) mass is 228 g/mol. The summed E-state index contributed by atoms with van der Waals surface area (Å²) in [7, 11) is -1.57. The summed E-state index contributed by atoms with van der Waals surface area (Å²) in [5, 5.41) is 0.296. The summed E-state index contributed by atoms with van der Waals surface area (Å²) < 4.78 is 11.3. The van der Waals surface area contributed by atoms with Crippen molar-refractivity contribution < 1.29 is 9.16 Å². The Hall–Kier alpha value is -0.123. The molecule has 1 aliphatic heterocycles. The van der Waals surface area contributed by atoms with Gasteiger partial charge < -0.3 is 9.16 Å². The van der Waals surface area contributed by atoms with Gasteiger partial charge in [0, 0.05) is 0 Å². The van der Waals surface area contributed by atoms with E-state index in [9.17, 15) is 0 Å². The van der Waals surface area contributed by atoms with Crippen LogP contribution in [0.4, 0.5) is 0 Å². The van der Waals surface area contributed by atoms with Gasteiger partial charge in [-0.25, -0.2) is 0 Å². The van der Waals surface area contributed by atoms with Gasteiger partial charge in [0.2, 0.25) is 0 Å². The lowest BCUT2D eigenvalue weighted by molar-refractivity contribution is 0.327. The average Bonchev–Trinajstić information content (AvgIpc) is 2.74. The molecule has 1 heterocycles. The molecule has 0 aromatic heterocycles. The summed E-state index contributed by atoms with van der Waals surface area (Å²) in [5.74, 6) is 0. The van der Waals surface area contributed by atoms with Gasteiger partial charge in [0.25, 0.3) is 0 Å². The molecule has 1 aliphatic rings. The quantitative estimate of drug-likeness (QED) is 0.418. The zero-order valence-corrected chi connectivity index (χ0v) is 11.8. The minimum absolute atomic E-state index is 0.296. The first-order valence-electron chi connectivity index (χ1n) is 5.70.